The molecule has 1 aliphatic heterocycles. The zero-order valence-corrected chi connectivity index (χ0v) is 19.7. The number of aryl methyl sites for hydroxylation is 1. The molecule has 1 atom stereocenters. The van der Waals surface area contributed by atoms with Crippen LogP contribution in [-0.2, 0) is 7.05 Å². The normalized spacial score (nSPS) is 15.6. The standard InChI is InChI=1S/C25H28F3N5O/c1-5-33-11-9-16(10-12-33)20-13-19-22(25(34)32(20)4)30-15(3)31-24(19)29-14(2)17-7-6-8-18(21(17)26)23(27)28/h6-9,13-14,23H,5,10-12H2,1-4H3,(H,29,30,31)/t14-/m1/s1. The molecule has 0 bridgehead atoms. The van der Waals surface area contributed by atoms with E-state index in [0.29, 0.717) is 17.0 Å². The molecule has 0 unspecified atom stereocenters. The summed E-state index contributed by atoms with van der Waals surface area (Å²) in [5.74, 6) is -0.205. The molecule has 0 aliphatic carbocycles. The third-order valence-corrected chi connectivity index (χ3v) is 6.39. The molecule has 0 spiro atoms. The minimum Gasteiger partial charge on any atom is -0.363 e. The highest BCUT2D eigenvalue weighted by molar-refractivity contribution is 5.91. The van der Waals surface area contributed by atoms with Gasteiger partial charge in [-0.15, -0.1) is 0 Å². The maximum atomic E-state index is 14.7. The van der Waals surface area contributed by atoms with Gasteiger partial charge in [-0.2, -0.15) is 0 Å². The second-order valence-electron chi connectivity index (χ2n) is 8.57. The van der Waals surface area contributed by atoms with Crippen LogP contribution in [0, 0.1) is 12.7 Å². The lowest BCUT2D eigenvalue weighted by molar-refractivity contribution is 0.146. The van der Waals surface area contributed by atoms with Gasteiger partial charge < -0.3 is 9.88 Å². The maximum absolute atomic E-state index is 14.7. The fourth-order valence-corrected chi connectivity index (χ4v) is 4.39. The first-order valence-electron chi connectivity index (χ1n) is 11.3. The van der Waals surface area contributed by atoms with Crippen LogP contribution < -0.4 is 10.9 Å². The Morgan fingerprint density at radius 1 is 1.21 bits per heavy atom. The van der Waals surface area contributed by atoms with Crippen molar-refractivity contribution >= 4 is 22.3 Å². The lowest BCUT2D eigenvalue weighted by Gasteiger charge is -2.26. The summed E-state index contributed by atoms with van der Waals surface area (Å²) >= 11 is 0. The molecule has 1 aliphatic rings. The number of anilines is 1. The Morgan fingerprint density at radius 2 is 1.94 bits per heavy atom. The summed E-state index contributed by atoms with van der Waals surface area (Å²) in [4.78, 5) is 24.3. The van der Waals surface area contributed by atoms with Crippen LogP contribution in [0.5, 0.6) is 0 Å². The Bertz CT molecular complexity index is 1320. The first-order valence-corrected chi connectivity index (χ1v) is 11.3. The van der Waals surface area contributed by atoms with Crippen LogP contribution in [0.2, 0.25) is 0 Å². The number of halogens is 3. The van der Waals surface area contributed by atoms with Crippen molar-refractivity contribution < 1.29 is 13.2 Å². The predicted octanol–water partition coefficient (Wildman–Crippen LogP) is 5.00. The van der Waals surface area contributed by atoms with Crippen LogP contribution >= 0.6 is 0 Å². The van der Waals surface area contributed by atoms with Crippen molar-refractivity contribution in [3.63, 3.8) is 0 Å². The number of fused-ring (bicyclic) bond motifs is 1. The zero-order valence-electron chi connectivity index (χ0n) is 19.7. The van der Waals surface area contributed by atoms with Crippen molar-refractivity contribution in [3.05, 3.63) is 69.2 Å². The van der Waals surface area contributed by atoms with Crippen LogP contribution in [0.4, 0.5) is 19.0 Å². The highest BCUT2D eigenvalue weighted by Crippen LogP contribution is 2.31. The van der Waals surface area contributed by atoms with Gasteiger partial charge in [0, 0.05) is 31.4 Å². The summed E-state index contributed by atoms with van der Waals surface area (Å²) in [5, 5.41) is 3.64. The molecule has 0 amide bonds. The average molecular weight is 472 g/mol. The van der Waals surface area contributed by atoms with E-state index < -0.39 is 23.8 Å². The summed E-state index contributed by atoms with van der Waals surface area (Å²) < 4.78 is 42.7. The Morgan fingerprint density at radius 3 is 2.59 bits per heavy atom. The topological polar surface area (TPSA) is 63.0 Å². The van der Waals surface area contributed by atoms with E-state index >= 15 is 0 Å². The Kier molecular flexibility index (Phi) is 6.74. The lowest BCUT2D eigenvalue weighted by atomic mass is 10.0. The van der Waals surface area contributed by atoms with Crippen LogP contribution in [0.1, 0.15) is 55.4 Å². The summed E-state index contributed by atoms with van der Waals surface area (Å²) in [6.45, 7) is 8.13. The number of benzene rings is 1. The van der Waals surface area contributed by atoms with Gasteiger partial charge in [0.2, 0.25) is 0 Å². The number of nitrogens with one attached hydrogen (secondary N) is 1. The van der Waals surface area contributed by atoms with Gasteiger partial charge in [0.05, 0.1) is 17.0 Å². The van der Waals surface area contributed by atoms with Gasteiger partial charge in [0.25, 0.3) is 12.0 Å². The molecule has 3 heterocycles. The zero-order chi connectivity index (χ0) is 24.6. The molecule has 0 radical (unpaired) electrons. The number of hydrogen-bond acceptors (Lipinski definition) is 5. The Labute approximate surface area is 196 Å². The van der Waals surface area contributed by atoms with Crippen molar-refractivity contribution in [2.75, 3.05) is 25.0 Å². The monoisotopic (exact) mass is 471 g/mol. The largest absolute Gasteiger partial charge is 0.363 e. The van der Waals surface area contributed by atoms with Crippen LogP contribution in [0.3, 0.4) is 0 Å². The van der Waals surface area contributed by atoms with Crippen molar-refractivity contribution in [1.29, 1.82) is 0 Å². The highest BCUT2D eigenvalue weighted by atomic mass is 19.3. The summed E-state index contributed by atoms with van der Waals surface area (Å²) in [5.41, 5.74) is 1.31. The van der Waals surface area contributed by atoms with Gasteiger partial charge in [-0.1, -0.05) is 31.2 Å². The summed E-state index contributed by atoms with van der Waals surface area (Å²) in [6, 6.07) is 5.16. The lowest BCUT2D eigenvalue weighted by Crippen LogP contribution is -2.29. The number of rotatable bonds is 6. The molecule has 0 fully saturated rings. The van der Waals surface area contributed by atoms with Gasteiger partial charge in [-0.25, -0.2) is 23.1 Å². The first-order chi connectivity index (χ1) is 16.2. The van der Waals surface area contributed by atoms with Crippen molar-refractivity contribution in [2.45, 2.75) is 39.7 Å². The maximum Gasteiger partial charge on any atom is 0.277 e. The molecular weight excluding hydrogens is 443 g/mol. The molecular formula is C25H28F3N5O. The van der Waals surface area contributed by atoms with Crippen LogP contribution in [0.15, 0.2) is 35.1 Å². The quantitative estimate of drug-likeness (QED) is 0.549. The molecule has 0 saturated carbocycles. The number of nitrogens with zero attached hydrogens (tertiary/aromatic N) is 4. The van der Waals surface area contributed by atoms with E-state index in [9.17, 15) is 18.0 Å². The molecule has 2 aromatic heterocycles. The number of hydrogen-bond donors (Lipinski definition) is 1. The van der Waals surface area contributed by atoms with E-state index in [2.05, 4.69) is 33.2 Å². The molecule has 180 valence electrons. The molecule has 6 nitrogen and oxygen atoms in total. The van der Waals surface area contributed by atoms with Crippen molar-refractivity contribution in [2.24, 2.45) is 7.05 Å². The molecule has 9 heteroatoms. The summed E-state index contributed by atoms with van der Waals surface area (Å²) in [7, 11) is 1.72. The minimum absolute atomic E-state index is 0.0981. The second-order valence-corrected chi connectivity index (χ2v) is 8.57. The van der Waals surface area contributed by atoms with Gasteiger partial charge >= 0.3 is 0 Å². The molecule has 3 aromatic rings. The van der Waals surface area contributed by atoms with E-state index in [-0.39, 0.29) is 16.6 Å². The molecule has 4 rings (SSSR count). The number of aromatic nitrogens is 3. The van der Waals surface area contributed by atoms with Crippen LogP contribution in [-0.4, -0.2) is 39.1 Å². The highest BCUT2D eigenvalue weighted by Gasteiger charge is 2.22. The van der Waals surface area contributed by atoms with Gasteiger partial charge in [0.1, 0.15) is 23.0 Å². The number of likely N-dealkylation sites (N-methyl/N-ethyl adjacent to an activating group) is 1. The molecule has 1 aromatic carbocycles. The average Bonchev–Trinajstić information content (AvgIpc) is 2.81. The second kappa shape index (κ2) is 9.58. The molecule has 34 heavy (non-hydrogen) atoms. The van der Waals surface area contributed by atoms with E-state index in [4.69, 9.17) is 0 Å². The van der Waals surface area contributed by atoms with Crippen LogP contribution in [0.25, 0.3) is 16.5 Å². The predicted molar refractivity (Wildman–Crippen MR) is 128 cm³/mol. The Hall–Kier alpha value is -3.20. The van der Waals surface area contributed by atoms with E-state index in [1.54, 1.807) is 25.5 Å². The smallest absolute Gasteiger partial charge is 0.277 e. The fourth-order valence-electron chi connectivity index (χ4n) is 4.39. The van der Waals surface area contributed by atoms with Crippen molar-refractivity contribution in [3.8, 4) is 0 Å². The minimum atomic E-state index is -2.91. The first kappa shape index (κ1) is 23.9. The van der Waals surface area contributed by atoms with Crippen molar-refractivity contribution in [1.82, 2.24) is 19.4 Å². The SMILES string of the molecule is CCN1CC=C(c2cc3c(N[C@H](C)c4cccc(C(F)F)c4F)nc(C)nc3c(=O)n2C)CC1. The summed E-state index contributed by atoms with van der Waals surface area (Å²) in [6.07, 6.45) is 0.0283. The van der Waals surface area contributed by atoms with Gasteiger partial charge in [-0.05, 0) is 38.5 Å². The van der Waals surface area contributed by atoms with Gasteiger partial charge in [0.15, 0.2) is 0 Å². The Balaban J connectivity index is 1.79. The van der Waals surface area contributed by atoms with E-state index in [1.807, 2.05) is 6.07 Å². The number of pyridine rings is 1. The third-order valence-electron chi connectivity index (χ3n) is 6.39. The third kappa shape index (κ3) is 4.44. The van der Waals surface area contributed by atoms with E-state index in [0.717, 1.165) is 43.4 Å². The molecule has 1 N–H and O–H groups in total. The molecule has 0 saturated heterocycles. The number of alkyl halides is 2. The van der Waals surface area contributed by atoms with Gasteiger partial charge in [-0.3, -0.25) is 9.69 Å². The fraction of sp³-hybridized carbons (Fsp3) is 0.400. The van der Waals surface area contributed by atoms with E-state index in [1.165, 1.54) is 12.1 Å².